The van der Waals surface area contributed by atoms with Crippen LogP contribution in [0.15, 0.2) is 83.8 Å². The number of rotatable bonds is 8. The van der Waals surface area contributed by atoms with E-state index in [9.17, 15) is 8.42 Å². The van der Waals surface area contributed by atoms with Crippen molar-refractivity contribution in [3.63, 3.8) is 0 Å². The number of aryl methyl sites for hydroxylation is 1. The van der Waals surface area contributed by atoms with Gasteiger partial charge in [0.25, 0.3) is 10.1 Å². The Kier molecular flexibility index (Phi) is 6.40. The van der Waals surface area contributed by atoms with Gasteiger partial charge in [-0.05, 0) is 35.7 Å². The highest BCUT2D eigenvalue weighted by molar-refractivity contribution is 7.86. The van der Waals surface area contributed by atoms with Gasteiger partial charge in [-0.15, -0.1) is 0 Å². The van der Waals surface area contributed by atoms with E-state index in [-0.39, 0.29) is 18.1 Å². The predicted octanol–water partition coefficient (Wildman–Crippen LogP) is 4.58. The van der Waals surface area contributed by atoms with Crippen molar-refractivity contribution in [2.24, 2.45) is 0 Å². The van der Waals surface area contributed by atoms with E-state index in [1.54, 1.807) is 24.3 Å². The average molecular weight is 382 g/mol. The summed E-state index contributed by atoms with van der Waals surface area (Å²) in [6, 6.07) is 24.8. The fraction of sp³-hybridized carbons (Fsp3) is 0.182. The van der Waals surface area contributed by atoms with Gasteiger partial charge in [-0.1, -0.05) is 72.3 Å². The van der Waals surface area contributed by atoms with E-state index < -0.39 is 10.1 Å². The minimum atomic E-state index is -3.74. The molecule has 0 saturated carbocycles. The summed E-state index contributed by atoms with van der Waals surface area (Å²) in [5, 5.41) is 0. The van der Waals surface area contributed by atoms with Crippen LogP contribution in [0.1, 0.15) is 11.1 Å². The number of benzene rings is 3. The Hall–Kier alpha value is -2.47. The molecule has 3 aromatic carbocycles. The van der Waals surface area contributed by atoms with Crippen LogP contribution < -0.4 is 0 Å². The molecule has 0 aliphatic heterocycles. The topological polar surface area (TPSA) is 52.6 Å². The summed E-state index contributed by atoms with van der Waals surface area (Å²) in [6.45, 7) is 2.49. The van der Waals surface area contributed by atoms with Gasteiger partial charge in [-0.25, -0.2) is 0 Å². The molecule has 0 fully saturated rings. The van der Waals surface area contributed by atoms with Crippen molar-refractivity contribution in [1.29, 1.82) is 0 Å². The molecule has 0 aliphatic carbocycles. The van der Waals surface area contributed by atoms with Crippen molar-refractivity contribution in [2.45, 2.75) is 18.4 Å². The van der Waals surface area contributed by atoms with Gasteiger partial charge in [0, 0.05) is 0 Å². The van der Waals surface area contributed by atoms with E-state index in [0.29, 0.717) is 6.61 Å². The Bertz CT molecular complexity index is 947. The third-order valence-electron chi connectivity index (χ3n) is 4.11. The summed E-state index contributed by atoms with van der Waals surface area (Å²) in [5.41, 5.74) is 4.33. The van der Waals surface area contributed by atoms with Crippen LogP contribution in [0.5, 0.6) is 0 Å². The average Bonchev–Trinajstić information content (AvgIpc) is 2.69. The Morgan fingerprint density at radius 3 is 2.04 bits per heavy atom. The first-order chi connectivity index (χ1) is 13.0. The van der Waals surface area contributed by atoms with Crippen LogP contribution in [-0.4, -0.2) is 21.6 Å². The summed E-state index contributed by atoms with van der Waals surface area (Å²) < 4.78 is 34.7. The molecule has 0 spiro atoms. The molecule has 4 nitrogen and oxygen atoms in total. The van der Waals surface area contributed by atoms with E-state index in [4.69, 9.17) is 8.92 Å². The van der Waals surface area contributed by atoms with Gasteiger partial charge in [0.05, 0.1) is 24.7 Å². The second-order valence-corrected chi connectivity index (χ2v) is 7.82. The summed E-state index contributed by atoms with van der Waals surface area (Å²) >= 11 is 0. The third-order valence-corrected chi connectivity index (χ3v) is 5.43. The second-order valence-electron chi connectivity index (χ2n) is 6.20. The van der Waals surface area contributed by atoms with Gasteiger partial charge in [-0.3, -0.25) is 4.18 Å². The molecule has 0 heterocycles. The van der Waals surface area contributed by atoms with Crippen LogP contribution in [0.4, 0.5) is 0 Å². The minimum absolute atomic E-state index is 0.0156. The SMILES string of the molecule is Cc1ccc(S(=O)(=O)OCCOCc2ccc(-c3ccccc3)cc2)cc1. The summed E-state index contributed by atoms with van der Waals surface area (Å²) in [4.78, 5) is 0.157. The smallest absolute Gasteiger partial charge is 0.297 e. The summed E-state index contributed by atoms with van der Waals surface area (Å²) in [5.74, 6) is 0. The van der Waals surface area contributed by atoms with Gasteiger partial charge in [0.2, 0.25) is 0 Å². The van der Waals surface area contributed by atoms with Crippen LogP contribution in [-0.2, 0) is 25.6 Å². The fourth-order valence-corrected chi connectivity index (χ4v) is 3.48. The van der Waals surface area contributed by atoms with Crippen LogP contribution in [0.2, 0.25) is 0 Å². The van der Waals surface area contributed by atoms with Crippen molar-refractivity contribution in [1.82, 2.24) is 0 Å². The predicted molar refractivity (Wildman–Crippen MR) is 106 cm³/mol. The Morgan fingerprint density at radius 2 is 1.37 bits per heavy atom. The Labute approximate surface area is 160 Å². The zero-order valence-corrected chi connectivity index (χ0v) is 16.0. The van der Waals surface area contributed by atoms with Crippen LogP contribution >= 0.6 is 0 Å². The number of hydrogen-bond acceptors (Lipinski definition) is 4. The van der Waals surface area contributed by atoms with Crippen molar-refractivity contribution >= 4 is 10.1 Å². The highest BCUT2D eigenvalue weighted by atomic mass is 32.2. The molecule has 0 amide bonds. The molecule has 0 aliphatic rings. The van der Waals surface area contributed by atoms with Gasteiger partial charge in [0.15, 0.2) is 0 Å². The molecule has 140 valence electrons. The zero-order chi connectivity index (χ0) is 19.1. The molecule has 3 rings (SSSR count). The van der Waals surface area contributed by atoms with Crippen molar-refractivity contribution in [3.05, 3.63) is 90.0 Å². The highest BCUT2D eigenvalue weighted by Gasteiger charge is 2.14. The molecule has 0 unspecified atom stereocenters. The lowest BCUT2D eigenvalue weighted by atomic mass is 10.0. The monoisotopic (exact) mass is 382 g/mol. The van der Waals surface area contributed by atoms with Crippen LogP contribution in [0.3, 0.4) is 0 Å². The molecule has 0 atom stereocenters. The quantitative estimate of drug-likeness (QED) is 0.423. The highest BCUT2D eigenvalue weighted by Crippen LogP contribution is 2.19. The molecular weight excluding hydrogens is 360 g/mol. The van der Waals surface area contributed by atoms with E-state index in [1.165, 1.54) is 5.56 Å². The molecular formula is C22H22O4S. The first-order valence-corrected chi connectivity index (χ1v) is 10.1. The summed E-state index contributed by atoms with van der Waals surface area (Å²) in [6.07, 6.45) is 0. The van der Waals surface area contributed by atoms with E-state index in [0.717, 1.165) is 16.7 Å². The lowest BCUT2D eigenvalue weighted by Gasteiger charge is -2.08. The molecule has 3 aromatic rings. The molecule has 27 heavy (non-hydrogen) atoms. The van der Waals surface area contributed by atoms with E-state index in [2.05, 4.69) is 12.1 Å². The van der Waals surface area contributed by atoms with Crippen LogP contribution in [0, 0.1) is 6.92 Å². The normalized spacial score (nSPS) is 11.4. The minimum Gasteiger partial charge on any atom is -0.374 e. The lowest BCUT2D eigenvalue weighted by Crippen LogP contribution is -2.11. The maximum atomic E-state index is 12.1. The maximum absolute atomic E-state index is 12.1. The standard InChI is InChI=1S/C22H22O4S/c1-18-7-13-22(14-8-18)27(23,24)26-16-15-25-17-19-9-11-21(12-10-19)20-5-3-2-4-6-20/h2-14H,15-17H2,1H3. The first-order valence-electron chi connectivity index (χ1n) is 8.73. The number of ether oxygens (including phenoxy) is 1. The van der Waals surface area contributed by atoms with Crippen molar-refractivity contribution in [3.8, 4) is 11.1 Å². The largest absolute Gasteiger partial charge is 0.374 e. The van der Waals surface area contributed by atoms with E-state index in [1.807, 2.05) is 49.4 Å². The van der Waals surface area contributed by atoms with E-state index >= 15 is 0 Å². The van der Waals surface area contributed by atoms with Crippen molar-refractivity contribution < 1.29 is 17.3 Å². The summed E-state index contributed by atoms with van der Waals surface area (Å²) in [7, 11) is -3.74. The lowest BCUT2D eigenvalue weighted by molar-refractivity contribution is 0.0908. The van der Waals surface area contributed by atoms with Gasteiger partial charge < -0.3 is 4.74 Å². The first kappa shape index (κ1) is 19.3. The number of hydrogen-bond donors (Lipinski definition) is 0. The Balaban J connectivity index is 1.44. The Morgan fingerprint density at radius 1 is 0.741 bits per heavy atom. The second kappa shape index (κ2) is 8.95. The van der Waals surface area contributed by atoms with Gasteiger partial charge >= 0.3 is 0 Å². The zero-order valence-electron chi connectivity index (χ0n) is 15.2. The molecule has 0 aromatic heterocycles. The van der Waals surface area contributed by atoms with Gasteiger partial charge in [0.1, 0.15) is 0 Å². The van der Waals surface area contributed by atoms with Crippen molar-refractivity contribution in [2.75, 3.05) is 13.2 Å². The molecule has 5 heteroatoms. The molecule has 0 radical (unpaired) electrons. The fourth-order valence-electron chi connectivity index (χ4n) is 2.59. The molecule has 0 bridgehead atoms. The van der Waals surface area contributed by atoms with Gasteiger partial charge in [-0.2, -0.15) is 8.42 Å². The van der Waals surface area contributed by atoms with Crippen LogP contribution in [0.25, 0.3) is 11.1 Å². The molecule has 0 saturated heterocycles. The molecule has 0 N–H and O–H groups in total. The maximum Gasteiger partial charge on any atom is 0.297 e. The third kappa shape index (κ3) is 5.50.